The zero-order valence-corrected chi connectivity index (χ0v) is 22.9. The van der Waals surface area contributed by atoms with Crippen molar-refractivity contribution in [1.82, 2.24) is 19.3 Å². The molecule has 38 heavy (non-hydrogen) atoms. The van der Waals surface area contributed by atoms with Gasteiger partial charge in [0, 0.05) is 9.90 Å². The molecule has 7 nitrogen and oxygen atoms in total. The Hall–Kier alpha value is -3.79. The molecular formula is C28H23ClN4O3S2. The molecule has 0 aliphatic heterocycles. The van der Waals surface area contributed by atoms with Crippen LogP contribution in [0.1, 0.15) is 33.0 Å². The fraction of sp³-hybridized carbons (Fsp3) is 0.107. The van der Waals surface area contributed by atoms with Crippen LogP contribution in [-0.4, -0.2) is 28.9 Å². The molecule has 0 radical (unpaired) electrons. The molecule has 0 saturated carbocycles. The van der Waals surface area contributed by atoms with E-state index in [1.165, 1.54) is 12.1 Å². The number of rotatable bonds is 7. The molecular weight excluding hydrogens is 540 g/mol. The highest BCUT2D eigenvalue weighted by molar-refractivity contribution is 7.93. The molecule has 3 heterocycles. The molecule has 5 aromatic rings. The Labute approximate surface area is 229 Å². The fourth-order valence-corrected chi connectivity index (χ4v) is 5.78. The minimum atomic E-state index is -4.03. The lowest BCUT2D eigenvalue weighted by molar-refractivity contribution is 0.0977. The number of imidazole rings is 1. The van der Waals surface area contributed by atoms with Crippen LogP contribution in [-0.2, 0) is 16.6 Å². The Kier molecular flexibility index (Phi) is 7.16. The largest absolute Gasteiger partial charge is 0.308 e. The van der Waals surface area contributed by atoms with Gasteiger partial charge in [0.05, 0.1) is 12.0 Å². The van der Waals surface area contributed by atoms with Crippen LogP contribution in [0, 0.1) is 13.8 Å². The van der Waals surface area contributed by atoms with Crippen molar-refractivity contribution in [2.75, 3.05) is 0 Å². The van der Waals surface area contributed by atoms with Gasteiger partial charge in [0.25, 0.3) is 15.9 Å². The predicted molar refractivity (Wildman–Crippen MR) is 153 cm³/mol. The average Bonchev–Trinajstić information content (AvgIpc) is 3.53. The second-order valence-corrected chi connectivity index (χ2v) is 11.6. The Morgan fingerprint density at radius 3 is 2.55 bits per heavy atom. The van der Waals surface area contributed by atoms with Gasteiger partial charge < -0.3 is 4.57 Å². The molecule has 0 unspecified atom stereocenters. The van der Waals surface area contributed by atoms with Crippen molar-refractivity contribution >= 4 is 56.1 Å². The van der Waals surface area contributed by atoms with E-state index in [9.17, 15) is 13.2 Å². The van der Waals surface area contributed by atoms with Gasteiger partial charge in [-0.15, -0.1) is 11.3 Å². The summed E-state index contributed by atoms with van der Waals surface area (Å²) in [7, 11) is -4.03. The zero-order valence-electron chi connectivity index (χ0n) is 20.6. The number of fused-ring (bicyclic) bond motifs is 1. The number of thiophene rings is 1. The van der Waals surface area contributed by atoms with Crippen molar-refractivity contribution in [1.29, 1.82) is 0 Å². The van der Waals surface area contributed by atoms with Crippen LogP contribution in [0.5, 0.6) is 0 Å². The molecule has 3 aromatic heterocycles. The number of hydrogen-bond acceptors (Lipinski definition) is 6. The highest BCUT2D eigenvalue weighted by Crippen LogP contribution is 2.30. The number of benzene rings is 2. The maximum Gasteiger partial charge on any atom is 0.283 e. The summed E-state index contributed by atoms with van der Waals surface area (Å²) in [6.45, 7) is 4.05. The van der Waals surface area contributed by atoms with E-state index in [-0.39, 0.29) is 5.69 Å². The molecule has 1 amide bonds. The summed E-state index contributed by atoms with van der Waals surface area (Å²) < 4.78 is 29.0. The molecule has 0 saturated heterocycles. The minimum Gasteiger partial charge on any atom is -0.308 e. The van der Waals surface area contributed by atoms with Crippen LogP contribution in [0.3, 0.4) is 0 Å². The van der Waals surface area contributed by atoms with E-state index in [2.05, 4.69) is 14.7 Å². The third kappa shape index (κ3) is 5.55. The van der Waals surface area contributed by atoms with Crippen LogP contribution < -0.4 is 4.72 Å². The molecule has 0 spiro atoms. The Morgan fingerprint density at radius 1 is 1.05 bits per heavy atom. The van der Waals surface area contributed by atoms with Gasteiger partial charge in [0.2, 0.25) is 0 Å². The molecule has 5 rings (SSSR count). The number of carbonyl (C=O) groups is 1. The summed E-state index contributed by atoms with van der Waals surface area (Å²) in [4.78, 5) is 23.2. The van der Waals surface area contributed by atoms with E-state index in [0.29, 0.717) is 39.7 Å². The van der Waals surface area contributed by atoms with E-state index < -0.39 is 15.9 Å². The van der Waals surface area contributed by atoms with Crippen LogP contribution >= 0.6 is 22.9 Å². The van der Waals surface area contributed by atoms with E-state index in [1.54, 1.807) is 35.6 Å². The minimum absolute atomic E-state index is 0.0213. The number of aromatic nitrogens is 3. The van der Waals surface area contributed by atoms with Gasteiger partial charge in [-0.25, -0.2) is 23.1 Å². The van der Waals surface area contributed by atoms with E-state index >= 15 is 0 Å². The number of halogens is 1. The number of pyridine rings is 1. The monoisotopic (exact) mass is 562 g/mol. The maximum atomic E-state index is 12.9. The number of amides is 1. The van der Waals surface area contributed by atoms with E-state index in [4.69, 9.17) is 11.6 Å². The first kappa shape index (κ1) is 25.8. The second-order valence-electron chi connectivity index (χ2n) is 8.71. The number of hydrogen-bond donors (Lipinski definition) is 1. The summed E-state index contributed by atoms with van der Waals surface area (Å²) in [5.41, 5.74) is 4.40. The molecule has 0 aliphatic rings. The lowest BCUT2D eigenvalue weighted by Gasteiger charge is -2.11. The van der Waals surface area contributed by atoms with Gasteiger partial charge in [-0.05, 0) is 65.8 Å². The molecule has 10 heteroatoms. The zero-order chi connectivity index (χ0) is 26.9. The molecule has 1 N–H and O–H groups in total. The Bertz CT molecular complexity index is 1780. The number of aryl methyl sites for hydroxylation is 2. The average molecular weight is 563 g/mol. The van der Waals surface area contributed by atoms with Gasteiger partial charge in [-0.1, -0.05) is 60.1 Å². The molecule has 2 aromatic carbocycles. The Morgan fingerprint density at radius 2 is 1.84 bits per heavy atom. The van der Waals surface area contributed by atoms with Crippen molar-refractivity contribution in [2.24, 2.45) is 0 Å². The lowest BCUT2D eigenvalue weighted by atomic mass is 10.1. The second kappa shape index (κ2) is 10.5. The number of carbonyl (C=O) groups excluding carboxylic acids is 1. The number of sulfonamides is 1. The summed E-state index contributed by atoms with van der Waals surface area (Å²) in [5.74, 6) is -0.124. The van der Waals surface area contributed by atoms with Crippen molar-refractivity contribution in [3.63, 3.8) is 0 Å². The highest BCUT2D eigenvalue weighted by Gasteiger charge is 2.20. The van der Waals surface area contributed by atoms with Gasteiger partial charge in [0.1, 0.15) is 17.0 Å². The molecule has 0 fully saturated rings. The van der Waals surface area contributed by atoms with E-state index in [0.717, 1.165) is 21.4 Å². The number of nitrogens with one attached hydrogen (secondary N) is 1. The number of nitrogens with zero attached hydrogens (tertiary/aromatic N) is 3. The SMILES string of the molecule is Cc1cc(C(=O)NS(=O)(=O)/C=C/c2ccccc2)nc2c1nc(C)n2Cc1ccc(-c2cccs2)cc1Cl. The summed E-state index contributed by atoms with van der Waals surface area (Å²) in [6.07, 6.45) is 1.42. The molecule has 0 bridgehead atoms. The smallest absolute Gasteiger partial charge is 0.283 e. The predicted octanol–water partition coefficient (Wildman–Crippen LogP) is 6.21. The lowest BCUT2D eigenvalue weighted by Crippen LogP contribution is -2.29. The summed E-state index contributed by atoms with van der Waals surface area (Å²) in [6, 6.07) is 20.4. The maximum absolute atomic E-state index is 12.9. The highest BCUT2D eigenvalue weighted by atomic mass is 35.5. The van der Waals surface area contributed by atoms with Crippen molar-refractivity contribution < 1.29 is 13.2 Å². The molecule has 0 aliphatic carbocycles. The Balaban J connectivity index is 1.43. The molecule has 0 atom stereocenters. The first-order valence-corrected chi connectivity index (χ1v) is 14.5. The third-order valence-electron chi connectivity index (χ3n) is 5.98. The quantitative estimate of drug-likeness (QED) is 0.254. The topological polar surface area (TPSA) is 93.9 Å². The van der Waals surface area contributed by atoms with Crippen LogP contribution in [0.15, 0.2) is 77.5 Å². The standard InChI is InChI=1S/C28H23ClN4O3S2/c1-18-15-24(28(34)32-38(35,36)14-12-20-7-4-3-5-8-20)31-27-26(18)30-19(2)33(27)17-22-11-10-21(16-23(22)29)25-9-6-13-37-25/h3-16H,17H2,1-2H3,(H,32,34)/b14-12+. The van der Waals surface area contributed by atoms with Crippen molar-refractivity contribution in [3.05, 3.63) is 111 Å². The van der Waals surface area contributed by atoms with Crippen LogP contribution in [0.4, 0.5) is 0 Å². The van der Waals surface area contributed by atoms with Crippen LogP contribution in [0.25, 0.3) is 27.7 Å². The van der Waals surface area contributed by atoms with Crippen molar-refractivity contribution in [3.8, 4) is 10.4 Å². The van der Waals surface area contributed by atoms with Gasteiger partial charge >= 0.3 is 0 Å². The van der Waals surface area contributed by atoms with E-state index in [1.807, 2.05) is 60.2 Å². The summed E-state index contributed by atoms with van der Waals surface area (Å²) in [5, 5.41) is 3.59. The van der Waals surface area contributed by atoms with Gasteiger partial charge in [-0.3, -0.25) is 4.79 Å². The third-order valence-corrected chi connectivity index (χ3v) is 8.21. The first-order valence-electron chi connectivity index (χ1n) is 11.7. The van der Waals surface area contributed by atoms with Gasteiger partial charge in [-0.2, -0.15) is 0 Å². The summed E-state index contributed by atoms with van der Waals surface area (Å²) >= 11 is 8.28. The first-order chi connectivity index (χ1) is 18.2. The molecule has 192 valence electrons. The normalized spacial score (nSPS) is 11.9. The van der Waals surface area contributed by atoms with Crippen molar-refractivity contribution in [2.45, 2.75) is 20.4 Å². The van der Waals surface area contributed by atoms with Gasteiger partial charge in [0.15, 0.2) is 5.65 Å². The van der Waals surface area contributed by atoms with Crippen LogP contribution in [0.2, 0.25) is 5.02 Å². The fourth-order valence-electron chi connectivity index (χ4n) is 4.05.